The Bertz CT molecular complexity index is 102. The van der Waals surface area contributed by atoms with Gasteiger partial charge in [-0.05, 0) is 0 Å². The fraction of sp³-hybridized carbons (Fsp3) is 0.875. The van der Waals surface area contributed by atoms with Crippen molar-refractivity contribution < 1.29 is 17.0 Å². The summed E-state index contributed by atoms with van der Waals surface area (Å²) in [6.45, 7) is 2.43. The summed E-state index contributed by atoms with van der Waals surface area (Å²) in [5.74, 6) is 1.85. The van der Waals surface area contributed by atoms with Crippen molar-refractivity contribution in [1.82, 2.24) is 0 Å². The number of rotatable bonds is 0. The molecule has 3 aliphatic rings. The normalized spacial score (nSPS) is 27.3. The second-order valence-corrected chi connectivity index (χ2v) is 3.77. The molecule has 2 heteroatoms. The summed E-state index contributed by atoms with van der Waals surface area (Å²) >= 11 is 0. The van der Waals surface area contributed by atoms with Crippen molar-refractivity contribution in [2.45, 2.75) is 39.0 Å². The summed E-state index contributed by atoms with van der Waals surface area (Å²) in [6.07, 6.45) is 7.36. The third kappa shape index (κ3) is 1.89. The zero-order chi connectivity index (χ0) is 5.61. The number of fused-ring (bicyclic) bond motifs is 2. The van der Waals surface area contributed by atoms with Crippen LogP contribution in [-0.2, 0) is 0 Å². The molecule has 0 aromatic rings. The molecule has 0 radical (unpaired) electrons. The topological polar surface area (TPSA) is 0 Å². The maximum Gasteiger partial charge on any atom is 2.00 e. The van der Waals surface area contributed by atoms with E-state index in [9.17, 15) is 0 Å². The van der Waals surface area contributed by atoms with Crippen LogP contribution in [0, 0.1) is 11.3 Å². The van der Waals surface area contributed by atoms with Crippen molar-refractivity contribution in [3.05, 3.63) is 5.92 Å². The molecule has 2 bridgehead atoms. The summed E-state index contributed by atoms with van der Waals surface area (Å²) in [5.41, 5.74) is 0.785. The first-order valence-electron chi connectivity index (χ1n) is 3.62. The van der Waals surface area contributed by atoms with E-state index in [2.05, 4.69) is 6.92 Å². The van der Waals surface area contributed by atoms with E-state index in [-0.39, 0.29) is 40.0 Å². The maximum atomic E-state index is 2.43. The molecule has 3 aliphatic carbocycles. The van der Waals surface area contributed by atoms with Gasteiger partial charge in [0.15, 0.2) is 0 Å². The number of halogens is 1. The Morgan fingerprint density at radius 3 is 2.10 bits per heavy atom. The molecule has 0 amide bonds. The number of hydrogen-bond acceptors (Lipinski definition) is 0. The van der Waals surface area contributed by atoms with Crippen molar-refractivity contribution >= 4 is 23.1 Å². The van der Waals surface area contributed by atoms with Crippen LogP contribution in [-0.4, -0.2) is 23.1 Å². The first kappa shape index (κ1) is 11.2. The Hall–Kier alpha value is 1.25. The van der Waals surface area contributed by atoms with Gasteiger partial charge in [-0.1, -0.05) is 25.2 Å². The first-order chi connectivity index (χ1) is 3.79. The molecular weight excluding hydrogens is 200 g/mol. The van der Waals surface area contributed by atoms with E-state index in [4.69, 9.17) is 0 Å². The smallest absolute Gasteiger partial charge is 1.00 e. The van der Waals surface area contributed by atoms with Gasteiger partial charge in [-0.15, -0.1) is 0 Å². The van der Waals surface area contributed by atoms with Crippen LogP contribution in [0.2, 0.25) is 0 Å². The molecule has 0 spiro atoms. The average molecular weight is 213 g/mol. The third-order valence-electron chi connectivity index (χ3n) is 2.66. The van der Waals surface area contributed by atoms with Crippen LogP contribution in [0.4, 0.5) is 0 Å². The average Bonchev–Trinajstić information content (AvgIpc) is 1.63. The van der Waals surface area contributed by atoms with Gasteiger partial charge >= 0.3 is 23.1 Å². The first-order valence-corrected chi connectivity index (χ1v) is 3.62. The van der Waals surface area contributed by atoms with Crippen molar-refractivity contribution in [2.75, 3.05) is 0 Å². The molecule has 3 saturated carbocycles. The van der Waals surface area contributed by atoms with E-state index in [1.54, 1.807) is 0 Å². The van der Waals surface area contributed by atoms with Gasteiger partial charge in [-0.3, -0.25) is 0 Å². The van der Waals surface area contributed by atoms with Crippen LogP contribution in [0.1, 0.15) is 39.0 Å². The van der Waals surface area contributed by atoms with Crippen LogP contribution in [0.25, 0.3) is 0 Å². The molecule has 3 fully saturated rings. The van der Waals surface area contributed by atoms with Gasteiger partial charge in [0.25, 0.3) is 0 Å². The fourth-order valence-electron chi connectivity index (χ4n) is 2.27. The predicted octanol–water partition coefficient (Wildman–Crippen LogP) is -0.832. The van der Waals surface area contributed by atoms with Crippen molar-refractivity contribution in [3.8, 4) is 0 Å². The van der Waals surface area contributed by atoms with Crippen LogP contribution in [0.15, 0.2) is 0 Å². The van der Waals surface area contributed by atoms with E-state index >= 15 is 0 Å². The van der Waals surface area contributed by atoms with Crippen LogP contribution < -0.4 is 17.0 Å². The van der Waals surface area contributed by atoms with Crippen molar-refractivity contribution in [1.29, 1.82) is 0 Å². The standard InChI is InChI=1S/C8H13.BrH.Mg/c1-8-4-2-3-7(5-8)6-8;;/h2-6H2,1H3;1H;/q-1;;+2/p-1. The van der Waals surface area contributed by atoms with Gasteiger partial charge in [0, 0.05) is 0 Å². The van der Waals surface area contributed by atoms with Crippen LogP contribution in [0.3, 0.4) is 0 Å². The Morgan fingerprint density at radius 2 is 1.90 bits per heavy atom. The summed E-state index contributed by atoms with van der Waals surface area (Å²) in [6, 6.07) is 0. The molecule has 0 nitrogen and oxygen atoms in total. The molecule has 0 atom stereocenters. The van der Waals surface area contributed by atoms with Gasteiger partial charge in [-0.2, -0.15) is 19.3 Å². The largest absolute Gasteiger partial charge is 2.00 e. The zero-order valence-corrected chi connectivity index (χ0v) is 9.62. The molecule has 3 rings (SSSR count). The van der Waals surface area contributed by atoms with E-state index in [1.807, 2.05) is 5.92 Å². The van der Waals surface area contributed by atoms with E-state index in [0.29, 0.717) is 0 Å². The molecule has 0 heterocycles. The van der Waals surface area contributed by atoms with Gasteiger partial charge in [0.05, 0.1) is 0 Å². The molecule has 0 aromatic heterocycles. The summed E-state index contributed by atoms with van der Waals surface area (Å²) in [5, 5.41) is 0. The Labute approximate surface area is 90.1 Å². The second-order valence-electron chi connectivity index (χ2n) is 3.77. The van der Waals surface area contributed by atoms with Crippen LogP contribution >= 0.6 is 0 Å². The molecule has 0 aliphatic heterocycles. The van der Waals surface area contributed by atoms with Gasteiger partial charge < -0.3 is 22.9 Å². The molecule has 0 saturated heterocycles. The minimum atomic E-state index is 0. The molecule has 0 unspecified atom stereocenters. The van der Waals surface area contributed by atoms with Crippen LogP contribution in [0.5, 0.6) is 0 Å². The van der Waals surface area contributed by atoms with Gasteiger partial charge in [0.1, 0.15) is 0 Å². The zero-order valence-electron chi connectivity index (χ0n) is 6.62. The van der Waals surface area contributed by atoms with Gasteiger partial charge in [0.2, 0.25) is 0 Å². The molecule has 54 valence electrons. The fourth-order valence-corrected chi connectivity index (χ4v) is 2.27. The van der Waals surface area contributed by atoms with E-state index in [0.717, 1.165) is 5.41 Å². The van der Waals surface area contributed by atoms with Crippen molar-refractivity contribution in [2.24, 2.45) is 5.41 Å². The maximum absolute atomic E-state index is 2.43. The Balaban J connectivity index is 0.000000405. The Morgan fingerprint density at radius 1 is 1.30 bits per heavy atom. The quantitative estimate of drug-likeness (QED) is 0.364. The summed E-state index contributed by atoms with van der Waals surface area (Å²) in [7, 11) is 0. The summed E-state index contributed by atoms with van der Waals surface area (Å²) < 4.78 is 0. The van der Waals surface area contributed by atoms with E-state index in [1.165, 1.54) is 32.1 Å². The summed E-state index contributed by atoms with van der Waals surface area (Å²) in [4.78, 5) is 0. The van der Waals surface area contributed by atoms with E-state index < -0.39 is 0 Å². The molecule has 10 heavy (non-hydrogen) atoms. The van der Waals surface area contributed by atoms with Gasteiger partial charge in [-0.25, -0.2) is 0 Å². The van der Waals surface area contributed by atoms with Crippen molar-refractivity contribution in [3.63, 3.8) is 0 Å². The second kappa shape index (κ2) is 3.77. The minimum absolute atomic E-state index is 0. The minimum Gasteiger partial charge on any atom is -1.00 e. The number of hydrogen-bond donors (Lipinski definition) is 0. The Kier molecular flexibility index (Phi) is 4.24. The molecule has 0 N–H and O–H groups in total. The predicted molar refractivity (Wildman–Crippen MR) is 40.2 cm³/mol. The SMILES string of the molecule is CC12CCC[C-](C1)C2.[Br-].[Mg+2]. The molecule has 0 aromatic carbocycles. The monoisotopic (exact) mass is 212 g/mol. The molecular formula is C8H13BrMg. The third-order valence-corrected chi connectivity index (χ3v) is 2.66.